The quantitative estimate of drug-likeness (QED) is 0.408. The van der Waals surface area contributed by atoms with Gasteiger partial charge in [-0.2, -0.15) is 4.98 Å². The Balaban J connectivity index is 2.59. The van der Waals surface area contributed by atoms with Gasteiger partial charge in [0.25, 0.3) is 11.1 Å². The maximum absolute atomic E-state index is 11.6. The zero-order chi connectivity index (χ0) is 14.2. The highest BCUT2D eigenvalue weighted by atomic mass is 16.4. The van der Waals surface area contributed by atoms with Crippen molar-refractivity contribution in [1.82, 2.24) is 19.9 Å². The van der Waals surface area contributed by atoms with Crippen LogP contribution >= 0.6 is 0 Å². The predicted molar refractivity (Wildman–Crippen MR) is 62.5 cm³/mol. The molecule has 10 heteroatoms. The van der Waals surface area contributed by atoms with Crippen molar-refractivity contribution in [3.63, 3.8) is 0 Å². The van der Waals surface area contributed by atoms with Gasteiger partial charge in [-0.15, -0.1) is 0 Å². The average Bonchev–Trinajstić information content (AvgIpc) is 2.31. The number of carboxylic acids is 1. The minimum Gasteiger partial charge on any atom is -0.479 e. The Morgan fingerprint density at radius 2 is 1.95 bits per heavy atom. The lowest BCUT2D eigenvalue weighted by Gasteiger charge is -2.04. The Kier molecular flexibility index (Phi) is 3.00. The van der Waals surface area contributed by atoms with E-state index in [1.54, 1.807) is 0 Å². The molecule has 0 bridgehead atoms. The van der Waals surface area contributed by atoms with E-state index in [4.69, 9.17) is 10.8 Å². The number of aliphatic carboxylic acids is 1. The van der Waals surface area contributed by atoms with Gasteiger partial charge in [-0.3, -0.25) is 14.6 Å². The molecule has 0 fully saturated rings. The van der Waals surface area contributed by atoms with Crippen LogP contribution in [0.3, 0.4) is 0 Å². The first-order valence-corrected chi connectivity index (χ1v) is 5.08. The van der Waals surface area contributed by atoms with Gasteiger partial charge in [-0.25, -0.2) is 9.78 Å². The number of rotatable bonds is 3. The molecule has 0 unspecified atom stereocenters. The molecule has 2 heterocycles. The number of nitrogen functional groups attached to an aromatic ring is 1. The second kappa shape index (κ2) is 4.49. The lowest BCUT2D eigenvalue weighted by molar-refractivity contribution is -0.146. The summed E-state index contributed by atoms with van der Waals surface area (Å²) in [7, 11) is 0. The molecule has 0 aromatic carbocycles. The first-order chi connectivity index (χ1) is 8.88. The number of nitrogens with one attached hydrogen (secondary N) is 2. The molecule has 19 heavy (non-hydrogen) atoms. The van der Waals surface area contributed by atoms with Crippen LogP contribution in [0.4, 0.5) is 5.95 Å². The van der Waals surface area contributed by atoms with E-state index >= 15 is 0 Å². The molecule has 0 aliphatic rings. The van der Waals surface area contributed by atoms with Gasteiger partial charge >= 0.3 is 5.97 Å². The van der Waals surface area contributed by atoms with Crippen LogP contribution < -0.4 is 16.9 Å². The Bertz CT molecular complexity index is 764. The van der Waals surface area contributed by atoms with Gasteiger partial charge in [0.15, 0.2) is 17.3 Å². The monoisotopic (exact) mass is 267 g/mol. The molecule has 2 aromatic heterocycles. The summed E-state index contributed by atoms with van der Waals surface area (Å²) in [4.78, 5) is 45.4. The zero-order valence-electron chi connectivity index (χ0n) is 9.38. The van der Waals surface area contributed by atoms with Crippen molar-refractivity contribution in [2.24, 2.45) is 0 Å². The fourth-order valence-corrected chi connectivity index (χ4v) is 1.44. The summed E-state index contributed by atoms with van der Waals surface area (Å²) >= 11 is 0. The van der Waals surface area contributed by atoms with Crippen LogP contribution in [0.25, 0.3) is 11.2 Å². The highest BCUT2D eigenvalue weighted by Gasteiger charge is 2.18. The fourth-order valence-electron chi connectivity index (χ4n) is 1.44. The Labute approximate surface area is 103 Å². The van der Waals surface area contributed by atoms with Crippen molar-refractivity contribution in [3.8, 4) is 0 Å². The molecular weight excluding hydrogens is 258 g/mol. The molecule has 100 valence electrons. The van der Waals surface area contributed by atoms with Gasteiger partial charge in [0, 0.05) is 6.42 Å². The summed E-state index contributed by atoms with van der Waals surface area (Å²) in [5, 5.41) is 17.7. The van der Waals surface area contributed by atoms with Crippen LogP contribution in [0.5, 0.6) is 0 Å². The third kappa shape index (κ3) is 2.42. The van der Waals surface area contributed by atoms with E-state index in [1.165, 1.54) is 0 Å². The van der Waals surface area contributed by atoms with Crippen molar-refractivity contribution in [1.29, 1.82) is 0 Å². The van der Waals surface area contributed by atoms with Crippen molar-refractivity contribution in [3.05, 3.63) is 26.4 Å². The number of fused-ring (bicyclic) bond motifs is 1. The number of hydrogen-bond donors (Lipinski definition) is 5. The van der Waals surface area contributed by atoms with Crippen molar-refractivity contribution in [2.45, 2.75) is 12.5 Å². The summed E-state index contributed by atoms with van der Waals surface area (Å²) in [5.41, 5.74) is 3.32. The molecular formula is C9H9N5O5. The first kappa shape index (κ1) is 12.7. The first-order valence-electron chi connectivity index (χ1n) is 5.08. The van der Waals surface area contributed by atoms with Crippen LogP contribution in [0, 0.1) is 0 Å². The highest BCUT2D eigenvalue weighted by Crippen LogP contribution is 2.02. The lowest BCUT2D eigenvalue weighted by Crippen LogP contribution is -2.28. The van der Waals surface area contributed by atoms with Crippen LogP contribution in [0.2, 0.25) is 0 Å². The van der Waals surface area contributed by atoms with E-state index in [-0.39, 0.29) is 22.8 Å². The van der Waals surface area contributed by atoms with Crippen molar-refractivity contribution in [2.75, 3.05) is 5.73 Å². The minimum atomic E-state index is -1.77. The Hall–Kier alpha value is -2.75. The molecule has 2 rings (SSSR count). The maximum Gasteiger partial charge on any atom is 0.332 e. The summed E-state index contributed by atoms with van der Waals surface area (Å²) < 4.78 is 0. The van der Waals surface area contributed by atoms with Crippen LogP contribution in [0.15, 0.2) is 9.59 Å². The van der Waals surface area contributed by atoms with E-state index in [0.717, 1.165) is 0 Å². The number of aromatic nitrogens is 4. The summed E-state index contributed by atoms with van der Waals surface area (Å²) in [6.07, 6.45) is -2.28. The number of aliphatic hydroxyl groups excluding tert-OH is 1. The molecule has 2 aromatic rings. The lowest BCUT2D eigenvalue weighted by atomic mass is 10.2. The fraction of sp³-hybridized carbons (Fsp3) is 0.222. The summed E-state index contributed by atoms with van der Waals surface area (Å²) in [6, 6.07) is 0. The van der Waals surface area contributed by atoms with Crippen LogP contribution in [-0.4, -0.2) is 42.2 Å². The third-order valence-corrected chi connectivity index (χ3v) is 2.33. The second-order valence-electron chi connectivity index (χ2n) is 3.72. The number of nitrogens with zero attached hydrogens (tertiary/aromatic N) is 2. The number of H-pyrrole nitrogens is 2. The van der Waals surface area contributed by atoms with Crippen LogP contribution in [0.1, 0.15) is 5.69 Å². The van der Waals surface area contributed by atoms with Crippen molar-refractivity contribution < 1.29 is 15.0 Å². The number of aliphatic hydroxyl groups is 1. The molecule has 0 aliphatic heterocycles. The average molecular weight is 267 g/mol. The normalized spacial score (nSPS) is 12.5. The second-order valence-corrected chi connectivity index (χ2v) is 3.72. The number of anilines is 1. The van der Waals surface area contributed by atoms with Gasteiger partial charge in [-0.05, 0) is 0 Å². The number of nitrogens with two attached hydrogens (primary N) is 1. The van der Waals surface area contributed by atoms with E-state index in [9.17, 15) is 19.5 Å². The van der Waals surface area contributed by atoms with Gasteiger partial charge < -0.3 is 20.9 Å². The highest BCUT2D eigenvalue weighted by molar-refractivity contribution is 5.72. The summed E-state index contributed by atoms with van der Waals surface area (Å²) in [6.45, 7) is 0. The molecule has 10 nitrogen and oxygen atoms in total. The zero-order valence-corrected chi connectivity index (χ0v) is 9.38. The summed E-state index contributed by atoms with van der Waals surface area (Å²) in [5.74, 6) is -1.68. The van der Waals surface area contributed by atoms with E-state index in [0.29, 0.717) is 0 Å². The molecule has 0 saturated heterocycles. The van der Waals surface area contributed by atoms with Gasteiger partial charge in [-0.1, -0.05) is 0 Å². The largest absolute Gasteiger partial charge is 0.479 e. The molecule has 0 radical (unpaired) electrons. The molecule has 0 saturated carbocycles. The molecule has 0 aliphatic carbocycles. The Morgan fingerprint density at radius 3 is 2.58 bits per heavy atom. The van der Waals surface area contributed by atoms with Gasteiger partial charge in [0.05, 0.1) is 0 Å². The van der Waals surface area contributed by atoms with Crippen molar-refractivity contribution >= 4 is 23.1 Å². The molecule has 0 amide bonds. The number of hydrogen-bond acceptors (Lipinski definition) is 7. The molecule has 1 atom stereocenters. The van der Waals surface area contributed by atoms with Crippen LogP contribution in [-0.2, 0) is 11.2 Å². The van der Waals surface area contributed by atoms with E-state index in [1.807, 2.05) is 0 Å². The topological polar surface area (TPSA) is 175 Å². The van der Waals surface area contributed by atoms with Gasteiger partial charge in [0.1, 0.15) is 5.69 Å². The molecule has 6 N–H and O–H groups in total. The SMILES string of the molecule is Nc1nc2nc(C[C@@H](O)C(=O)O)c(=O)[nH]c2c(=O)[nH]1. The van der Waals surface area contributed by atoms with E-state index in [2.05, 4.69) is 19.9 Å². The minimum absolute atomic E-state index is 0.131. The third-order valence-electron chi connectivity index (χ3n) is 2.33. The van der Waals surface area contributed by atoms with Gasteiger partial charge in [0.2, 0.25) is 5.95 Å². The molecule has 0 spiro atoms. The number of carboxylic acid groups (broad SMARTS) is 1. The standard InChI is InChI=1S/C9H9N5O5/c10-9-13-5-4(7(17)14-9)12-6(16)2(11-5)1-3(15)8(18)19/h3,15H,1H2,(H,12,16)(H,18,19)(H3,10,11,13,14,17)/t3-/m1/s1. The Morgan fingerprint density at radius 1 is 1.26 bits per heavy atom. The van der Waals surface area contributed by atoms with E-state index < -0.39 is 29.6 Å². The predicted octanol–water partition coefficient (Wildman–Crippen LogP) is -2.42. The maximum atomic E-state index is 11.6. The smallest absolute Gasteiger partial charge is 0.332 e. The number of aromatic amines is 2. The number of carbonyl (C=O) groups is 1.